The average Bonchev–Trinajstić information content (AvgIpc) is 2.93. The van der Waals surface area contributed by atoms with E-state index < -0.39 is 5.97 Å². The third-order valence-electron chi connectivity index (χ3n) is 4.07. The van der Waals surface area contributed by atoms with Crippen molar-refractivity contribution in [2.45, 2.75) is 51.2 Å². The summed E-state index contributed by atoms with van der Waals surface area (Å²) < 4.78 is 10.2. The molecule has 0 amide bonds. The van der Waals surface area contributed by atoms with Gasteiger partial charge in [-0.1, -0.05) is 6.92 Å². The van der Waals surface area contributed by atoms with Crippen molar-refractivity contribution in [3.05, 3.63) is 23.7 Å². The van der Waals surface area contributed by atoms with E-state index >= 15 is 0 Å². The first-order valence-corrected chi connectivity index (χ1v) is 7.30. The SMILES string of the molecule is CCN(Cc1ccc(C(=O)OC)o1)C1CCC(N)CC1. The second kappa shape index (κ2) is 6.90. The van der Waals surface area contributed by atoms with Crippen LogP contribution in [0.5, 0.6) is 0 Å². The van der Waals surface area contributed by atoms with Crippen LogP contribution >= 0.6 is 0 Å². The molecule has 20 heavy (non-hydrogen) atoms. The van der Waals surface area contributed by atoms with Crippen molar-refractivity contribution in [2.24, 2.45) is 5.73 Å². The highest BCUT2D eigenvalue weighted by atomic mass is 16.5. The summed E-state index contributed by atoms with van der Waals surface area (Å²) in [5.74, 6) is 0.647. The van der Waals surface area contributed by atoms with Gasteiger partial charge in [0.15, 0.2) is 0 Å². The molecule has 1 aromatic rings. The summed E-state index contributed by atoms with van der Waals surface area (Å²) in [6.07, 6.45) is 4.46. The molecule has 0 spiro atoms. The number of hydrogen-bond acceptors (Lipinski definition) is 5. The van der Waals surface area contributed by atoms with Gasteiger partial charge in [-0.2, -0.15) is 0 Å². The minimum Gasteiger partial charge on any atom is -0.463 e. The lowest BCUT2D eigenvalue weighted by molar-refractivity contribution is 0.0559. The van der Waals surface area contributed by atoms with Crippen LogP contribution in [0.4, 0.5) is 0 Å². The highest BCUT2D eigenvalue weighted by molar-refractivity contribution is 5.86. The number of carbonyl (C=O) groups excluding carboxylic acids is 1. The maximum atomic E-state index is 11.4. The third kappa shape index (κ3) is 3.61. The molecule has 0 aliphatic heterocycles. The lowest BCUT2D eigenvalue weighted by atomic mass is 9.90. The van der Waals surface area contributed by atoms with Gasteiger partial charge in [-0.25, -0.2) is 4.79 Å². The number of hydrogen-bond donors (Lipinski definition) is 1. The number of carbonyl (C=O) groups is 1. The first kappa shape index (κ1) is 15.1. The molecule has 0 radical (unpaired) electrons. The average molecular weight is 280 g/mol. The zero-order valence-corrected chi connectivity index (χ0v) is 12.3. The maximum Gasteiger partial charge on any atom is 0.373 e. The van der Waals surface area contributed by atoms with Crippen molar-refractivity contribution >= 4 is 5.97 Å². The van der Waals surface area contributed by atoms with Gasteiger partial charge in [0.1, 0.15) is 5.76 Å². The number of nitrogens with zero attached hydrogens (tertiary/aromatic N) is 1. The van der Waals surface area contributed by atoms with E-state index in [9.17, 15) is 4.79 Å². The van der Waals surface area contributed by atoms with Crippen LogP contribution in [-0.4, -0.2) is 36.6 Å². The number of rotatable bonds is 5. The van der Waals surface area contributed by atoms with E-state index in [0.29, 0.717) is 12.1 Å². The van der Waals surface area contributed by atoms with Gasteiger partial charge in [-0.15, -0.1) is 0 Å². The molecule has 112 valence electrons. The van der Waals surface area contributed by atoms with E-state index in [2.05, 4.69) is 16.6 Å². The molecule has 1 aliphatic carbocycles. The van der Waals surface area contributed by atoms with Crippen molar-refractivity contribution < 1.29 is 13.9 Å². The Hall–Kier alpha value is -1.33. The lowest BCUT2D eigenvalue weighted by Crippen LogP contribution is -2.40. The van der Waals surface area contributed by atoms with Gasteiger partial charge in [0.2, 0.25) is 5.76 Å². The molecular formula is C15H24N2O3. The van der Waals surface area contributed by atoms with Crippen LogP contribution in [0.25, 0.3) is 0 Å². The number of ether oxygens (including phenoxy) is 1. The number of furan rings is 1. The van der Waals surface area contributed by atoms with E-state index in [4.69, 9.17) is 10.2 Å². The largest absolute Gasteiger partial charge is 0.463 e. The first-order valence-electron chi connectivity index (χ1n) is 7.30. The number of esters is 1. The molecule has 0 atom stereocenters. The molecule has 0 aromatic carbocycles. The summed E-state index contributed by atoms with van der Waals surface area (Å²) >= 11 is 0. The van der Waals surface area contributed by atoms with Gasteiger partial charge < -0.3 is 14.9 Å². The smallest absolute Gasteiger partial charge is 0.373 e. The standard InChI is InChI=1S/C15H24N2O3/c1-3-17(12-6-4-11(16)5-7-12)10-13-8-9-14(20-13)15(18)19-2/h8-9,11-12H,3-7,10,16H2,1-2H3. The van der Waals surface area contributed by atoms with Gasteiger partial charge in [0.25, 0.3) is 0 Å². The minimum absolute atomic E-state index is 0.268. The molecule has 2 rings (SSSR count). The molecule has 0 saturated heterocycles. The van der Waals surface area contributed by atoms with Crippen LogP contribution in [0.3, 0.4) is 0 Å². The van der Waals surface area contributed by atoms with Gasteiger partial charge in [-0.3, -0.25) is 4.90 Å². The van der Waals surface area contributed by atoms with Crippen molar-refractivity contribution in [3.8, 4) is 0 Å². The Bertz CT molecular complexity index is 436. The molecule has 0 bridgehead atoms. The molecule has 1 fully saturated rings. The fraction of sp³-hybridized carbons (Fsp3) is 0.667. The molecule has 1 aliphatic rings. The van der Waals surface area contributed by atoms with Gasteiger partial charge in [0.05, 0.1) is 13.7 Å². The van der Waals surface area contributed by atoms with Crippen molar-refractivity contribution in [2.75, 3.05) is 13.7 Å². The molecular weight excluding hydrogens is 256 g/mol. The molecule has 5 heteroatoms. The molecule has 1 saturated carbocycles. The van der Waals surface area contributed by atoms with Gasteiger partial charge in [-0.05, 0) is 44.4 Å². The van der Waals surface area contributed by atoms with Crippen LogP contribution in [0.2, 0.25) is 0 Å². The molecule has 1 aromatic heterocycles. The third-order valence-corrected chi connectivity index (χ3v) is 4.07. The molecule has 2 N–H and O–H groups in total. The van der Waals surface area contributed by atoms with E-state index in [1.165, 1.54) is 7.11 Å². The van der Waals surface area contributed by atoms with E-state index in [-0.39, 0.29) is 5.76 Å². The molecule has 0 unspecified atom stereocenters. The zero-order chi connectivity index (χ0) is 14.5. The quantitative estimate of drug-likeness (QED) is 0.837. The Labute approximate surface area is 120 Å². The summed E-state index contributed by atoms with van der Waals surface area (Å²) in [6, 6.07) is 4.45. The fourth-order valence-corrected chi connectivity index (χ4v) is 2.84. The Morgan fingerprint density at radius 3 is 2.70 bits per heavy atom. The topological polar surface area (TPSA) is 68.7 Å². The van der Waals surface area contributed by atoms with Crippen molar-refractivity contribution in [3.63, 3.8) is 0 Å². The normalized spacial score (nSPS) is 23.0. The van der Waals surface area contributed by atoms with E-state index in [1.54, 1.807) is 6.07 Å². The summed E-state index contributed by atoms with van der Waals surface area (Å²) in [4.78, 5) is 13.8. The highest BCUT2D eigenvalue weighted by Crippen LogP contribution is 2.24. The highest BCUT2D eigenvalue weighted by Gasteiger charge is 2.24. The van der Waals surface area contributed by atoms with Crippen molar-refractivity contribution in [1.82, 2.24) is 4.90 Å². The fourth-order valence-electron chi connectivity index (χ4n) is 2.84. The minimum atomic E-state index is -0.428. The second-order valence-corrected chi connectivity index (χ2v) is 5.39. The predicted octanol–water partition coefficient (Wildman–Crippen LogP) is 2.16. The Kier molecular flexibility index (Phi) is 5.20. The predicted molar refractivity (Wildman–Crippen MR) is 76.4 cm³/mol. The second-order valence-electron chi connectivity index (χ2n) is 5.39. The van der Waals surface area contributed by atoms with Gasteiger partial charge in [0, 0.05) is 12.1 Å². The first-order chi connectivity index (χ1) is 9.63. The van der Waals surface area contributed by atoms with Crippen LogP contribution in [0, 0.1) is 0 Å². The van der Waals surface area contributed by atoms with Crippen LogP contribution in [0.15, 0.2) is 16.5 Å². The number of nitrogens with two attached hydrogens (primary N) is 1. The Balaban J connectivity index is 1.96. The van der Waals surface area contributed by atoms with Crippen LogP contribution in [-0.2, 0) is 11.3 Å². The molecule has 1 heterocycles. The summed E-state index contributed by atoms with van der Waals surface area (Å²) in [7, 11) is 1.36. The summed E-state index contributed by atoms with van der Waals surface area (Å²) in [5, 5.41) is 0. The molecule has 5 nitrogen and oxygen atoms in total. The van der Waals surface area contributed by atoms with Gasteiger partial charge >= 0.3 is 5.97 Å². The maximum absolute atomic E-state index is 11.4. The summed E-state index contributed by atoms with van der Waals surface area (Å²) in [6.45, 7) is 3.85. The van der Waals surface area contributed by atoms with Crippen LogP contribution in [0.1, 0.15) is 48.9 Å². The Morgan fingerprint density at radius 1 is 1.40 bits per heavy atom. The lowest BCUT2D eigenvalue weighted by Gasteiger charge is -2.34. The van der Waals surface area contributed by atoms with E-state index in [1.807, 2.05) is 6.07 Å². The van der Waals surface area contributed by atoms with E-state index in [0.717, 1.165) is 44.5 Å². The Morgan fingerprint density at radius 2 is 2.10 bits per heavy atom. The monoisotopic (exact) mass is 280 g/mol. The van der Waals surface area contributed by atoms with Crippen molar-refractivity contribution in [1.29, 1.82) is 0 Å². The zero-order valence-electron chi connectivity index (χ0n) is 12.3. The number of methoxy groups -OCH3 is 1. The summed E-state index contributed by atoms with van der Waals surface area (Å²) in [5.41, 5.74) is 5.95. The van der Waals surface area contributed by atoms with Crippen LogP contribution < -0.4 is 5.73 Å².